The fourth-order valence-electron chi connectivity index (χ4n) is 2.21. The van der Waals surface area contributed by atoms with Crippen LogP contribution in [0.5, 0.6) is 0 Å². The number of piperazine rings is 1. The second-order valence-electron chi connectivity index (χ2n) is 6.27. The summed E-state index contributed by atoms with van der Waals surface area (Å²) >= 11 is 0. The van der Waals surface area contributed by atoms with Crippen molar-refractivity contribution in [1.29, 1.82) is 0 Å². The van der Waals surface area contributed by atoms with Crippen LogP contribution in [0, 0.1) is 5.41 Å². The van der Waals surface area contributed by atoms with Gasteiger partial charge in [0.1, 0.15) is 12.1 Å². The van der Waals surface area contributed by atoms with E-state index in [4.69, 9.17) is 0 Å². The summed E-state index contributed by atoms with van der Waals surface area (Å²) in [5, 5.41) is 2.75. The summed E-state index contributed by atoms with van der Waals surface area (Å²) in [7, 11) is 0. The van der Waals surface area contributed by atoms with Gasteiger partial charge in [0.2, 0.25) is 11.8 Å². The van der Waals surface area contributed by atoms with Gasteiger partial charge in [-0.2, -0.15) is 0 Å². The van der Waals surface area contributed by atoms with Crippen molar-refractivity contribution in [1.82, 2.24) is 10.2 Å². The Morgan fingerprint density at radius 1 is 1.33 bits per heavy atom. The van der Waals surface area contributed by atoms with E-state index in [1.165, 1.54) is 0 Å². The summed E-state index contributed by atoms with van der Waals surface area (Å²) in [4.78, 5) is 26.0. The van der Waals surface area contributed by atoms with Gasteiger partial charge in [0.15, 0.2) is 0 Å². The van der Waals surface area contributed by atoms with Crippen molar-refractivity contribution in [2.24, 2.45) is 5.41 Å². The second kappa shape index (κ2) is 5.12. The van der Waals surface area contributed by atoms with Crippen molar-refractivity contribution >= 4 is 11.8 Å². The highest BCUT2D eigenvalue weighted by molar-refractivity contribution is 5.97. The molecule has 0 bridgehead atoms. The van der Waals surface area contributed by atoms with Crippen molar-refractivity contribution in [3.8, 4) is 0 Å². The molecule has 1 fully saturated rings. The van der Waals surface area contributed by atoms with Gasteiger partial charge in [-0.25, -0.2) is 0 Å². The molecule has 0 aromatic carbocycles. The summed E-state index contributed by atoms with van der Waals surface area (Å²) in [6.07, 6.45) is 1.99. The Morgan fingerprint density at radius 2 is 1.89 bits per heavy atom. The van der Waals surface area contributed by atoms with Crippen LogP contribution in [0.15, 0.2) is 11.6 Å². The Morgan fingerprint density at radius 3 is 2.33 bits per heavy atom. The molecular weight excluding hydrogens is 228 g/mol. The maximum Gasteiger partial charge on any atom is 0.245 e. The van der Waals surface area contributed by atoms with Crippen LogP contribution in [0.4, 0.5) is 0 Å². The van der Waals surface area contributed by atoms with E-state index in [2.05, 4.69) is 5.32 Å². The molecule has 0 spiro atoms. The molecule has 0 aromatic heterocycles. The van der Waals surface area contributed by atoms with Crippen molar-refractivity contribution in [2.45, 2.75) is 53.6 Å². The number of allylic oxidation sites excluding steroid dienone is 1. The van der Waals surface area contributed by atoms with Crippen LogP contribution in [0.25, 0.3) is 0 Å². The Balaban J connectivity index is 3.05. The van der Waals surface area contributed by atoms with Crippen LogP contribution >= 0.6 is 0 Å². The second-order valence-corrected chi connectivity index (χ2v) is 6.27. The summed E-state index contributed by atoms with van der Waals surface area (Å²) in [5.41, 5.74) is 0.879. The van der Waals surface area contributed by atoms with Gasteiger partial charge in [0.25, 0.3) is 0 Å². The SMILES string of the molecule is CC(C)=CCN1C(=O)C(C)NC(=O)C1C(C)(C)C. The quantitative estimate of drug-likeness (QED) is 0.761. The Labute approximate surface area is 109 Å². The zero-order valence-corrected chi connectivity index (χ0v) is 12.2. The lowest BCUT2D eigenvalue weighted by atomic mass is 9.83. The summed E-state index contributed by atoms with van der Waals surface area (Å²) in [5.74, 6) is -0.0659. The van der Waals surface area contributed by atoms with Crippen molar-refractivity contribution in [3.63, 3.8) is 0 Å². The number of nitrogens with zero attached hydrogens (tertiary/aromatic N) is 1. The molecule has 0 saturated carbocycles. The monoisotopic (exact) mass is 252 g/mol. The molecule has 2 amide bonds. The minimum atomic E-state index is -0.429. The smallest absolute Gasteiger partial charge is 0.245 e. The minimum Gasteiger partial charge on any atom is -0.343 e. The van der Waals surface area contributed by atoms with E-state index < -0.39 is 12.1 Å². The van der Waals surface area contributed by atoms with Gasteiger partial charge in [-0.1, -0.05) is 32.4 Å². The maximum absolute atomic E-state index is 12.2. The lowest BCUT2D eigenvalue weighted by Gasteiger charge is -2.43. The first-order valence-electron chi connectivity index (χ1n) is 6.39. The number of amides is 2. The summed E-state index contributed by atoms with van der Waals surface area (Å²) in [6.45, 7) is 12.2. The Hall–Kier alpha value is -1.32. The normalized spacial score (nSPS) is 24.9. The third-order valence-electron chi connectivity index (χ3n) is 3.09. The molecule has 0 radical (unpaired) electrons. The van der Waals surface area contributed by atoms with Gasteiger partial charge >= 0.3 is 0 Å². The Bertz CT molecular complexity index is 376. The minimum absolute atomic E-state index is 0.00738. The third kappa shape index (κ3) is 3.12. The highest BCUT2D eigenvalue weighted by Crippen LogP contribution is 2.27. The lowest BCUT2D eigenvalue weighted by molar-refractivity contribution is -0.152. The average Bonchev–Trinajstić information content (AvgIpc) is 2.18. The molecule has 1 N–H and O–H groups in total. The van der Waals surface area contributed by atoms with Crippen LogP contribution in [-0.2, 0) is 9.59 Å². The number of hydrogen-bond acceptors (Lipinski definition) is 2. The fourth-order valence-corrected chi connectivity index (χ4v) is 2.21. The average molecular weight is 252 g/mol. The number of carbonyl (C=O) groups is 2. The first-order chi connectivity index (χ1) is 8.14. The summed E-state index contributed by atoms with van der Waals surface area (Å²) in [6, 6.07) is -0.835. The molecule has 1 saturated heterocycles. The molecule has 1 aliphatic rings. The number of carbonyl (C=O) groups excluding carboxylic acids is 2. The number of nitrogens with one attached hydrogen (secondary N) is 1. The summed E-state index contributed by atoms with van der Waals surface area (Å²) < 4.78 is 0. The van der Waals surface area contributed by atoms with Crippen LogP contribution in [0.2, 0.25) is 0 Å². The van der Waals surface area contributed by atoms with Crippen molar-refractivity contribution in [2.75, 3.05) is 6.54 Å². The molecule has 1 rings (SSSR count). The van der Waals surface area contributed by atoms with Gasteiger partial charge in [-0.05, 0) is 26.2 Å². The highest BCUT2D eigenvalue weighted by atomic mass is 16.2. The van der Waals surface area contributed by atoms with E-state index in [-0.39, 0.29) is 17.2 Å². The van der Waals surface area contributed by atoms with Gasteiger partial charge in [0, 0.05) is 6.54 Å². The largest absolute Gasteiger partial charge is 0.343 e. The predicted molar refractivity (Wildman–Crippen MR) is 72.0 cm³/mol. The van der Waals surface area contributed by atoms with Gasteiger partial charge in [-0.3, -0.25) is 9.59 Å². The molecule has 1 heterocycles. The van der Waals surface area contributed by atoms with Crippen LogP contribution in [-0.4, -0.2) is 35.3 Å². The topological polar surface area (TPSA) is 49.4 Å². The van der Waals surface area contributed by atoms with E-state index in [9.17, 15) is 9.59 Å². The van der Waals surface area contributed by atoms with E-state index in [0.717, 1.165) is 5.57 Å². The molecule has 18 heavy (non-hydrogen) atoms. The molecule has 102 valence electrons. The molecule has 2 atom stereocenters. The predicted octanol–water partition coefficient (Wildman–Crippen LogP) is 1.71. The van der Waals surface area contributed by atoms with Crippen molar-refractivity contribution in [3.05, 3.63) is 11.6 Å². The molecule has 0 aromatic rings. The molecule has 1 aliphatic heterocycles. The zero-order valence-electron chi connectivity index (χ0n) is 12.2. The lowest BCUT2D eigenvalue weighted by Crippen LogP contribution is -2.65. The Kier molecular flexibility index (Phi) is 4.20. The fraction of sp³-hybridized carbons (Fsp3) is 0.714. The van der Waals surface area contributed by atoms with Gasteiger partial charge < -0.3 is 10.2 Å². The first kappa shape index (κ1) is 14.7. The van der Waals surface area contributed by atoms with Crippen LogP contribution < -0.4 is 5.32 Å². The molecule has 4 nitrogen and oxygen atoms in total. The number of rotatable bonds is 2. The van der Waals surface area contributed by atoms with Crippen molar-refractivity contribution < 1.29 is 9.59 Å². The zero-order chi connectivity index (χ0) is 14.1. The first-order valence-corrected chi connectivity index (χ1v) is 6.39. The van der Waals surface area contributed by atoms with E-state index in [1.807, 2.05) is 40.7 Å². The molecular formula is C14H24N2O2. The molecule has 0 aliphatic carbocycles. The van der Waals surface area contributed by atoms with Crippen LogP contribution in [0.1, 0.15) is 41.5 Å². The van der Waals surface area contributed by atoms with Crippen LogP contribution in [0.3, 0.4) is 0 Å². The third-order valence-corrected chi connectivity index (χ3v) is 3.09. The van der Waals surface area contributed by atoms with E-state index >= 15 is 0 Å². The van der Waals surface area contributed by atoms with Gasteiger partial charge in [0.05, 0.1) is 0 Å². The highest BCUT2D eigenvalue weighted by Gasteiger charge is 2.44. The standard InChI is InChI=1S/C14H24N2O2/c1-9(2)7-8-16-11(14(4,5)6)12(17)15-10(3)13(16)18/h7,10-11H,8H2,1-6H3,(H,15,17). The van der Waals surface area contributed by atoms with E-state index in [0.29, 0.717) is 6.54 Å². The van der Waals surface area contributed by atoms with E-state index in [1.54, 1.807) is 11.8 Å². The molecule has 2 unspecified atom stereocenters. The van der Waals surface area contributed by atoms with Gasteiger partial charge in [-0.15, -0.1) is 0 Å². The molecule has 4 heteroatoms. The number of hydrogen-bond donors (Lipinski definition) is 1. The maximum atomic E-state index is 12.2.